The molecule has 0 saturated heterocycles. The third-order valence-electron chi connectivity index (χ3n) is 6.70. The van der Waals surface area contributed by atoms with Crippen LogP contribution >= 0.6 is 0 Å². The van der Waals surface area contributed by atoms with E-state index in [4.69, 9.17) is 4.74 Å². The minimum Gasteiger partial charge on any atom is -0.497 e. The van der Waals surface area contributed by atoms with Crippen molar-refractivity contribution >= 4 is 29.0 Å². The third kappa shape index (κ3) is 5.71. The quantitative estimate of drug-likeness (QED) is 0.216. The zero-order valence-corrected chi connectivity index (χ0v) is 22.5. The van der Waals surface area contributed by atoms with E-state index in [0.717, 1.165) is 24.5 Å². The number of methoxy groups -OCH3 is 1. The fraction of sp³-hybridized carbons (Fsp3) is 0.207. The molecule has 0 unspecified atom stereocenters. The van der Waals surface area contributed by atoms with E-state index >= 15 is 0 Å². The Labute approximate surface area is 235 Å². The summed E-state index contributed by atoms with van der Waals surface area (Å²) >= 11 is 0. The van der Waals surface area contributed by atoms with E-state index in [2.05, 4.69) is 35.9 Å². The maximum atomic E-state index is 13.9. The van der Waals surface area contributed by atoms with Crippen LogP contribution in [-0.4, -0.2) is 48.1 Å². The molecule has 3 aromatic heterocycles. The van der Waals surface area contributed by atoms with Gasteiger partial charge in [-0.25, -0.2) is 24.3 Å². The largest absolute Gasteiger partial charge is 0.497 e. The average molecular weight is 554 g/mol. The summed E-state index contributed by atoms with van der Waals surface area (Å²) in [5, 5.41) is 9.49. The zero-order chi connectivity index (χ0) is 28.3. The van der Waals surface area contributed by atoms with Crippen LogP contribution in [0.15, 0.2) is 73.6 Å². The van der Waals surface area contributed by atoms with Gasteiger partial charge in [0.2, 0.25) is 5.95 Å². The Morgan fingerprint density at radius 3 is 2.59 bits per heavy atom. The lowest BCUT2D eigenvalue weighted by Gasteiger charge is -2.14. The molecule has 1 fully saturated rings. The Kier molecular flexibility index (Phi) is 7.02. The van der Waals surface area contributed by atoms with Gasteiger partial charge < -0.3 is 25.3 Å². The van der Waals surface area contributed by atoms with Crippen LogP contribution in [0.25, 0.3) is 11.5 Å². The van der Waals surface area contributed by atoms with Crippen molar-refractivity contribution in [2.45, 2.75) is 32.5 Å². The van der Waals surface area contributed by atoms with Crippen molar-refractivity contribution in [3.63, 3.8) is 0 Å². The van der Waals surface area contributed by atoms with Crippen LogP contribution in [0, 0.1) is 6.92 Å². The molecule has 2 aromatic carbocycles. The monoisotopic (exact) mass is 553 g/mol. The highest BCUT2D eigenvalue weighted by molar-refractivity contribution is 6.05. The number of ether oxygens (including phenoxy) is 1. The van der Waals surface area contributed by atoms with Gasteiger partial charge in [-0.3, -0.25) is 9.36 Å². The molecule has 0 bridgehead atoms. The summed E-state index contributed by atoms with van der Waals surface area (Å²) in [5.74, 6) is 2.73. The number of benzene rings is 2. The predicted molar refractivity (Wildman–Crippen MR) is 153 cm³/mol. The van der Waals surface area contributed by atoms with Crippen molar-refractivity contribution in [1.29, 1.82) is 0 Å². The summed E-state index contributed by atoms with van der Waals surface area (Å²) in [7, 11) is 1.53. The molecular formula is C29H28FN9O2. The van der Waals surface area contributed by atoms with Gasteiger partial charge in [-0.15, -0.1) is 0 Å². The van der Waals surface area contributed by atoms with Crippen molar-refractivity contribution in [1.82, 2.24) is 29.1 Å². The Morgan fingerprint density at radius 2 is 1.83 bits per heavy atom. The van der Waals surface area contributed by atoms with Crippen LogP contribution in [0.3, 0.4) is 0 Å². The predicted octanol–water partition coefficient (Wildman–Crippen LogP) is 5.20. The second-order valence-corrected chi connectivity index (χ2v) is 9.65. The van der Waals surface area contributed by atoms with Gasteiger partial charge in [-0.1, -0.05) is 0 Å². The van der Waals surface area contributed by atoms with Crippen molar-refractivity contribution in [2.75, 3.05) is 23.1 Å². The molecule has 0 spiro atoms. The lowest BCUT2D eigenvalue weighted by atomic mass is 10.1. The molecular weight excluding hydrogens is 525 g/mol. The first-order chi connectivity index (χ1) is 20.0. The number of alkyl halides is 1. The number of nitrogens with zero attached hydrogens (tertiary/aromatic N) is 6. The SMILES string of the molecule is COc1cc(Nc2nccn2-c2cc(NC3CC3)ncn2)cc(C(=O)Nc2ccc(-n3ccnc3C)c(CF)c2)c1. The number of carbonyl (C=O) groups is 1. The molecule has 3 N–H and O–H groups in total. The van der Waals surface area contributed by atoms with Crippen molar-refractivity contribution in [3.05, 3.63) is 90.5 Å². The Hall–Kier alpha value is -5.26. The highest BCUT2D eigenvalue weighted by Gasteiger charge is 2.21. The molecule has 12 heteroatoms. The lowest BCUT2D eigenvalue weighted by molar-refractivity contribution is 0.102. The number of imidazole rings is 2. The molecule has 0 aliphatic heterocycles. The van der Waals surface area contributed by atoms with Crippen LogP contribution in [0.2, 0.25) is 0 Å². The molecule has 11 nitrogen and oxygen atoms in total. The molecule has 3 heterocycles. The van der Waals surface area contributed by atoms with Gasteiger partial charge >= 0.3 is 0 Å². The molecule has 1 aliphatic rings. The molecule has 0 atom stereocenters. The number of anilines is 4. The van der Waals surface area contributed by atoms with Gasteiger partial charge in [-0.2, -0.15) is 0 Å². The van der Waals surface area contributed by atoms with Crippen LogP contribution in [0.5, 0.6) is 5.75 Å². The molecule has 41 heavy (non-hydrogen) atoms. The van der Waals surface area contributed by atoms with Gasteiger partial charge in [0.1, 0.15) is 36.2 Å². The summed E-state index contributed by atoms with van der Waals surface area (Å²) < 4.78 is 23.0. The van der Waals surface area contributed by atoms with E-state index in [9.17, 15) is 9.18 Å². The number of carbonyl (C=O) groups excluding carboxylic acids is 1. The Bertz CT molecular complexity index is 1710. The minimum atomic E-state index is -0.693. The number of hydrogen-bond donors (Lipinski definition) is 3. The summed E-state index contributed by atoms with van der Waals surface area (Å²) in [5.41, 5.74) is 2.50. The third-order valence-corrected chi connectivity index (χ3v) is 6.70. The Balaban J connectivity index is 1.23. The molecule has 208 valence electrons. The molecule has 6 rings (SSSR count). The average Bonchev–Trinajstić information content (AvgIpc) is 3.50. The molecule has 1 amide bonds. The summed E-state index contributed by atoms with van der Waals surface area (Å²) in [6.45, 7) is 1.15. The first kappa shape index (κ1) is 26.0. The van der Waals surface area contributed by atoms with E-state index < -0.39 is 6.67 Å². The molecule has 1 saturated carbocycles. The smallest absolute Gasteiger partial charge is 0.255 e. The first-order valence-corrected chi connectivity index (χ1v) is 13.1. The maximum Gasteiger partial charge on any atom is 0.255 e. The number of nitrogens with one attached hydrogen (secondary N) is 3. The van der Waals surface area contributed by atoms with E-state index in [1.807, 2.05) is 13.0 Å². The second kappa shape index (κ2) is 11.1. The van der Waals surface area contributed by atoms with Crippen molar-refractivity contribution < 1.29 is 13.9 Å². The number of aromatic nitrogens is 6. The fourth-order valence-electron chi connectivity index (χ4n) is 4.47. The summed E-state index contributed by atoms with van der Waals surface area (Å²) in [6.07, 6.45) is 10.7. The zero-order valence-electron chi connectivity index (χ0n) is 22.5. The van der Waals surface area contributed by atoms with Gasteiger partial charge in [0, 0.05) is 65.5 Å². The standard InChI is InChI=1S/C29H28FN9O2/c1-18-31-7-9-38(18)25-6-5-22(12-20(25)16-30)36-28(40)19-11-23(14-24(13-19)41-2)37-29-32-8-10-39(29)27-15-26(33-17-34-27)35-21-3-4-21/h5-15,17,21H,3-4,16H2,1-2H3,(H,32,37)(H,36,40)(H,33,34,35). The highest BCUT2D eigenvalue weighted by Crippen LogP contribution is 2.28. The maximum absolute atomic E-state index is 13.9. The number of aryl methyl sites for hydroxylation is 1. The van der Waals surface area contributed by atoms with E-state index in [-0.39, 0.29) is 5.91 Å². The Morgan fingerprint density at radius 1 is 1.00 bits per heavy atom. The van der Waals surface area contributed by atoms with Gasteiger partial charge in [0.15, 0.2) is 0 Å². The molecule has 5 aromatic rings. The summed E-state index contributed by atoms with van der Waals surface area (Å²) in [4.78, 5) is 30.6. The number of rotatable bonds is 10. The van der Waals surface area contributed by atoms with Gasteiger partial charge in [-0.05, 0) is 50.1 Å². The second-order valence-electron chi connectivity index (χ2n) is 9.65. The lowest BCUT2D eigenvalue weighted by Crippen LogP contribution is -2.13. The number of amides is 1. The van der Waals surface area contributed by atoms with Crippen LogP contribution < -0.4 is 20.7 Å². The first-order valence-electron chi connectivity index (χ1n) is 13.1. The molecule has 1 aliphatic carbocycles. The van der Waals surface area contributed by atoms with Crippen molar-refractivity contribution in [2.24, 2.45) is 0 Å². The van der Waals surface area contributed by atoms with Crippen LogP contribution in [-0.2, 0) is 6.67 Å². The number of halogens is 1. The normalized spacial score (nSPS) is 12.7. The van der Waals surface area contributed by atoms with E-state index in [1.165, 1.54) is 13.4 Å². The minimum absolute atomic E-state index is 0.347. The van der Waals surface area contributed by atoms with Crippen molar-refractivity contribution in [3.8, 4) is 17.3 Å². The molecule has 0 radical (unpaired) electrons. The van der Waals surface area contributed by atoms with Crippen LogP contribution in [0.4, 0.5) is 27.5 Å². The van der Waals surface area contributed by atoms with E-state index in [0.29, 0.717) is 51.7 Å². The van der Waals surface area contributed by atoms with Crippen LogP contribution in [0.1, 0.15) is 34.6 Å². The van der Waals surface area contributed by atoms with Gasteiger partial charge in [0.25, 0.3) is 5.91 Å². The highest BCUT2D eigenvalue weighted by atomic mass is 19.1. The number of hydrogen-bond acceptors (Lipinski definition) is 8. The topological polar surface area (TPSA) is 124 Å². The van der Waals surface area contributed by atoms with Gasteiger partial charge in [0.05, 0.1) is 12.8 Å². The summed E-state index contributed by atoms with van der Waals surface area (Å²) in [6, 6.07) is 12.5. The van der Waals surface area contributed by atoms with E-state index in [1.54, 1.807) is 70.3 Å². The fourth-order valence-corrected chi connectivity index (χ4v) is 4.47.